The number of nitrogen functional groups attached to an aromatic ring is 1. The van der Waals surface area contributed by atoms with Gasteiger partial charge in [0, 0.05) is 17.9 Å². The molecule has 0 spiro atoms. The molecule has 2 N–H and O–H groups in total. The van der Waals surface area contributed by atoms with E-state index in [1.165, 1.54) is 11.8 Å². The molecule has 2 aromatic carbocycles. The van der Waals surface area contributed by atoms with E-state index >= 15 is 0 Å². The van der Waals surface area contributed by atoms with Crippen molar-refractivity contribution in [1.29, 1.82) is 0 Å². The zero-order valence-electron chi connectivity index (χ0n) is 15.9. The molecule has 0 unspecified atom stereocenters. The molecule has 0 aliphatic carbocycles. The highest BCUT2D eigenvalue weighted by Gasteiger charge is 2.23. The lowest BCUT2D eigenvalue weighted by atomic mass is 9.94. The molecule has 0 radical (unpaired) electrons. The number of cyclic esters (lactones) is 1. The minimum Gasteiger partial charge on any atom is -0.448 e. The fraction of sp³-hybridized carbons (Fsp3) is 0.300. The first kappa shape index (κ1) is 19.3. The third-order valence-corrected chi connectivity index (χ3v) is 6.21. The Kier molecular flexibility index (Phi) is 5.10. The van der Waals surface area contributed by atoms with Crippen LogP contribution >= 0.6 is 23.4 Å². The van der Waals surface area contributed by atoms with Gasteiger partial charge in [0.15, 0.2) is 11.0 Å². The largest absolute Gasteiger partial charge is 0.448 e. The van der Waals surface area contributed by atoms with E-state index in [9.17, 15) is 4.79 Å². The van der Waals surface area contributed by atoms with Crippen LogP contribution in [0.3, 0.4) is 0 Å². The van der Waals surface area contributed by atoms with Crippen LogP contribution < -0.4 is 5.73 Å². The van der Waals surface area contributed by atoms with E-state index in [4.69, 9.17) is 26.8 Å². The van der Waals surface area contributed by atoms with Crippen molar-refractivity contribution in [3.8, 4) is 11.4 Å². The van der Waals surface area contributed by atoms with Crippen molar-refractivity contribution in [3.05, 3.63) is 40.4 Å². The lowest BCUT2D eigenvalue weighted by Gasteiger charge is -2.20. The van der Waals surface area contributed by atoms with Crippen LogP contribution in [0.15, 0.2) is 29.4 Å². The number of benzene rings is 2. The summed E-state index contributed by atoms with van der Waals surface area (Å²) in [5.74, 6) is 1.18. The number of ether oxygens (including phenoxy) is 2. The van der Waals surface area contributed by atoms with Crippen molar-refractivity contribution in [3.63, 3.8) is 0 Å². The molecule has 0 saturated carbocycles. The predicted molar refractivity (Wildman–Crippen MR) is 114 cm³/mol. The maximum absolute atomic E-state index is 11.6. The van der Waals surface area contributed by atoms with Gasteiger partial charge in [-0.1, -0.05) is 41.6 Å². The van der Waals surface area contributed by atoms with Crippen molar-refractivity contribution >= 4 is 46.2 Å². The summed E-state index contributed by atoms with van der Waals surface area (Å²) in [7, 11) is 0. The molecule has 3 aromatic rings. The summed E-state index contributed by atoms with van der Waals surface area (Å²) in [6.07, 6.45) is -0.286. The van der Waals surface area contributed by atoms with Crippen molar-refractivity contribution < 1.29 is 14.3 Å². The molecule has 0 bridgehead atoms. The van der Waals surface area contributed by atoms with Crippen LogP contribution in [0.5, 0.6) is 0 Å². The van der Waals surface area contributed by atoms with Crippen LogP contribution in [0, 0.1) is 0 Å². The Morgan fingerprint density at radius 2 is 2.07 bits per heavy atom. The topological polar surface area (TPSA) is 103 Å². The molecule has 8 nitrogen and oxygen atoms in total. The SMILES string of the molecule is Nc1nc(SCCN2CCOC2=O)nc(-c2c(Cl)cc3c4c(cccc24)COC3)n1. The van der Waals surface area contributed by atoms with Crippen molar-refractivity contribution in [2.24, 2.45) is 0 Å². The van der Waals surface area contributed by atoms with Gasteiger partial charge >= 0.3 is 6.09 Å². The molecular formula is C20H18ClN5O3S. The molecule has 3 heterocycles. The van der Waals surface area contributed by atoms with Gasteiger partial charge in [0.05, 0.1) is 24.8 Å². The van der Waals surface area contributed by atoms with E-state index in [0.29, 0.717) is 54.7 Å². The fourth-order valence-electron chi connectivity index (χ4n) is 3.77. The smallest absolute Gasteiger partial charge is 0.409 e. The van der Waals surface area contributed by atoms with Gasteiger partial charge in [0.25, 0.3) is 0 Å². The molecular weight excluding hydrogens is 426 g/mol. The number of amides is 1. The summed E-state index contributed by atoms with van der Waals surface area (Å²) in [5.41, 5.74) is 8.88. The Bertz CT molecular complexity index is 1160. The van der Waals surface area contributed by atoms with Gasteiger partial charge in [0.1, 0.15) is 6.61 Å². The summed E-state index contributed by atoms with van der Waals surface area (Å²) in [4.78, 5) is 26.4. The van der Waals surface area contributed by atoms with E-state index in [1.807, 2.05) is 18.2 Å². The number of carbonyl (C=O) groups excluding carboxylic acids is 1. The maximum Gasteiger partial charge on any atom is 0.409 e. The second-order valence-electron chi connectivity index (χ2n) is 6.97. The number of nitrogens with two attached hydrogens (primary N) is 1. The molecule has 5 rings (SSSR count). The van der Waals surface area contributed by atoms with Crippen molar-refractivity contribution in [2.75, 3.05) is 31.2 Å². The van der Waals surface area contributed by atoms with Crippen LogP contribution in [0.1, 0.15) is 11.1 Å². The Morgan fingerprint density at radius 1 is 1.20 bits per heavy atom. The van der Waals surface area contributed by atoms with Gasteiger partial charge in [-0.05, 0) is 28.0 Å². The summed E-state index contributed by atoms with van der Waals surface area (Å²) >= 11 is 8.06. The quantitative estimate of drug-likeness (QED) is 0.597. The van der Waals surface area contributed by atoms with Gasteiger partial charge in [0.2, 0.25) is 5.95 Å². The summed E-state index contributed by atoms with van der Waals surface area (Å²) in [6, 6.07) is 7.95. The lowest BCUT2D eigenvalue weighted by molar-refractivity contribution is 0.103. The minimum absolute atomic E-state index is 0.128. The van der Waals surface area contributed by atoms with E-state index in [-0.39, 0.29) is 12.0 Å². The molecule has 2 aliphatic rings. The van der Waals surface area contributed by atoms with E-state index in [2.05, 4.69) is 21.0 Å². The van der Waals surface area contributed by atoms with Crippen LogP contribution in [-0.4, -0.2) is 51.4 Å². The van der Waals surface area contributed by atoms with E-state index in [0.717, 1.165) is 27.5 Å². The molecule has 2 aliphatic heterocycles. The molecule has 10 heteroatoms. The van der Waals surface area contributed by atoms with Crippen LogP contribution in [0.4, 0.5) is 10.7 Å². The first-order valence-electron chi connectivity index (χ1n) is 9.47. The number of halogens is 1. The van der Waals surface area contributed by atoms with Crippen molar-refractivity contribution in [1.82, 2.24) is 19.9 Å². The van der Waals surface area contributed by atoms with Crippen LogP contribution in [-0.2, 0) is 22.7 Å². The first-order chi connectivity index (χ1) is 14.6. The number of rotatable bonds is 5. The maximum atomic E-state index is 11.6. The number of thioether (sulfide) groups is 1. The third-order valence-electron chi connectivity index (χ3n) is 5.09. The zero-order valence-corrected chi connectivity index (χ0v) is 17.5. The second kappa shape index (κ2) is 7.90. The zero-order chi connectivity index (χ0) is 20.7. The highest BCUT2D eigenvalue weighted by molar-refractivity contribution is 7.99. The number of aromatic nitrogens is 3. The predicted octanol–water partition coefficient (Wildman–Crippen LogP) is 3.50. The number of hydrogen-bond acceptors (Lipinski definition) is 8. The summed E-state index contributed by atoms with van der Waals surface area (Å²) < 4.78 is 10.6. The van der Waals surface area contributed by atoms with Crippen molar-refractivity contribution in [2.45, 2.75) is 18.4 Å². The summed E-state index contributed by atoms with van der Waals surface area (Å²) in [6.45, 7) is 2.66. The Morgan fingerprint density at radius 3 is 2.90 bits per heavy atom. The van der Waals surface area contributed by atoms with Crippen LogP contribution in [0.2, 0.25) is 5.02 Å². The molecule has 30 heavy (non-hydrogen) atoms. The minimum atomic E-state index is -0.286. The highest BCUT2D eigenvalue weighted by Crippen LogP contribution is 2.39. The monoisotopic (exact) mass is 443 g/mol. The number of carbonyl (C=O) groups is 1. The molecule has 1 saturated heterocycles. The first-order valence-corrected chi connectivity index (χ1v) is 10.8. The number of hydrogen-bond donors (Lipinski definition) is 1. The highest BCUT2D eigenvalue weighted by atomic mass is 35.5. The Labute approximate surface area is 181 Å². The normalized spacial score (nSPS) is 15.6. The fourth-order valence-corrected chi connectivity index (χ4v) is 4.89. The third kappa shape index (κ3) is 3.53. The van der Waals surface area contributed by atoms with Gasteiger partial charge < -0.3 is 20.1 Å². The Balaban J connectivity index is 1.49. The van der Waals surface area contributed by atoms with E-state index in [1.54, 1.807) is 4.90 Å². The molecule has 1 amide bonds. The number of anilines is 1. The second-order valence-corrected chi connectivity index (χ2v) is 8.44. The van der Waals surface area contributed by atoms with Gasteiger partial charge in [-0.3, -0.25) is 0 Å². The van der Waals surface area contributed by atoms with Gasteiger partial charge in [-0.25, -0.2) is 9.78 Å². The molecule has 1 aromatic heterocycles. The molecule has 0 atom stereocenters. The average molecular weight is 444 g/mol. The Hall–Kier alpha value is -2.62. The summed E-state index contributed by atoms with van der Waals surface area (Å²) in [5, 5.41) is 3.13. The lowest BCUT2D eigenvalue weighted by Crippen LogP contribution is -2.26. The standard InChI is InChI=1S/C20H18ClN5O3S/c21-14-8-12-10-28-9-11-2-1-3-13(15(11)12)16(14)17-23-18(22)25-19(24-17)30-7-5-26-4-6-29-20(26)27/h1-3,8H,4-7,9-10H2,(H2,22,23,24,25). The van der Waals surface area contributed by atoms with Gasteiger partial charge in [-0.2, -0.15) is 9.97 Å². The average Bonchev–Trinajstić information content (AvgIpc) is 3.13. The number of nitrogens with zero attached hydrogens (tertiary/aromatic N) is 4. The molecule has 1 fully saturated rings. The van der Waals surface area contributed by atoms with Gasteiger partial charge in [-0.15, -0.1) is 0 Å². The van der Waals surface area contributed by atoms with E-state index < -0.39 is 0 Å². The van der Waals surface area contributed by atoms with Crippen LogP contribution in [0.25, 0.3) is 22.2 Å². The molecule has 154 valence electrons.